The molecule has 2 aromatic carbocycles. The van der Waals surface area contributed by atoms with Crippen LogP contribution in [0.1, 0.15) is 0 Å². The molecule has 0 unspecified atom stereocenters. The fourth-order valence-electron chi connectivity index (χ4n) is 1.42. The van der Waals surface area contributed by atoms with Crippen LogP contribution in [0.3, 0.4) is 0 Å². The highest BCUT2D eigenvalue weighted by Crippen LogP contribution is 2.37. The number of benzene rings is 2. The summed E-state index contributed by atoms with van der Waals surface area (Å²) in [6.45, 7) is 0. The first kappa shape index (κ1) is 12.1. The Balaban J connectivity index is 2.67. The summed E-state index contributed by atoms with van der Waals surface area (Å²) in [5.74, 6) is -0.273. The Bertz CT molecular complexity index is 541. The lowest BCUT2D eigenvalue weighted by atomic mass is 10.1. The van der Waals surface area contributed by atoms with Gasteiger partial charge in [-0.15, -0.1) is 0 Å². The molecule has 0 saturated carbocycles. The van der Waals surface area contributed by atoms with Crippen molar-refractivity contribution in [3.05, 3.63) is 56.2 Å². The van der Waals surface area contributed by atoms with E-state index in [1.165, 1.54) is 12.1 Å². The van der Waals surface area contributed by atoms with E-state index in [0.717, 1.165) is 20.1 Å². The van der Waals surface area contributed by atoms with Crippen molar-refractivity contribution in [3.63, 3.8) is 0 Å². The zero-order valence-corrected chi connectivity index (χ0v) is 11.9. The van der Waals surface area contributed by atoms with E-state index >= 15 is 0 Å². The molecule has 0 amide bonds. The van der Waals surface area contributed by atoms with E-state index < -0.39 is 0 Å². The van der Waals surface area contributed by atoms with E-state index in [2.05, 4.69) is 31.9 Å². The highest BCUT2D eigenvalue weighted by molar-refractivity contribution is 9.11. The lowest BCUT2D eigenvalue weighted by Crippen LogP contribution is -1.84. The van der Waals surface area contributed by atoms with Gasteiger partial charge in [0, 0.05) is 8.95 Å². The minimum Gasteiger partial charge on any atom is -0.207 e. The molecular formula is C12H6Br2ClF. The minimum atomic E-state index is -0.273. The highest BCUT2D eigenvalue weighted by atomic mass is 79.9. The van der Waals surface area contributed by atoms with E-state index in [0.29, 0.717) is 5.02 Å². The summed E-state index contributed by atoms with van der Waals surface area (Å²) in [7, 11) is 0. The molecule has 0 bridgehead atoms. The van der Waals surface area contributed by atoms with Gasteiger partial charge in [0.1, 0.15) is 5.82 Å². The summed E-state index contributed by atoms with van der Waals surface area (Å²) in [5.41, 5.74) is 1.63. The van der Waals surface area contributed by atoms with Crippen molar-refractivity contribution in [2.45, 2.75) is 0 Å². The molecule has 4 heteroatoms. The van der Waals surface area contributed by atoms with Crippen molar-refractivity contribution in [3.8, 4) is 11.1 Å². The molecule has 0 atom stereocenters. The maximum atomic E-state index is 13.2. The smallest absolute Gasteiger partial charge is 0.123 e. The Morgan fingerprint density at radius 2 is 1.75 bits per heavy atom. The van der Waals surface area contributed by atoms with E-state index in [4.69, 9.17) is 11.6 Å². The van der Waals surface area contributed by atoms with Gasteiger partial charge in [-0.1, -0.05) is 39.7 Å². The fourth-order valence-corrected chi connectivity index (χ4v) is 2.53. The van der Waals surface area contributed by atoms with Crippen LogP contribution < -0.4 is 0 Å². The Labute approximate surface area is 115 Å². The van der Waals surface area contributed by atoms with Crippen LogP contribution in [0.4, 0.5) is 4.39 Å². The Morgan fingerprint density at radius 1 is 1.00 bits per heavy atom. The van der Waals surface area contributed by atoms with Crippen LogP contribution >= 0.6 is 43.5 Å². The van der Waals surface area contributed by atoms with Crippen molar-refractivity contribution in [1.82, 2.24) is 0 Å². The van der Waals surface area contributed by atoms with Crippen LogP contribution in [0.15, 0.2) is 45.3 Å². The van der Waals surface area contributed by atoms with Gasteiger partial charge in [0.15, 0.2) is 0 Å². The third-order valence-electron chi connectivity index (χ3n) is 2.17. The monoisotopic (exact) mass is 362 g/mol. The Morgan fingerprint density at radius 3 is 2.50 bits per heavy atom. The van der Waals surface area contributed by atoms with E-state index in [1.54, 1.807) is 12.1 Å². The van der Waals surface area contributed by atoms with Crippen LogP contribution in [-0.2, 0) is 0 Å². The lowest BCUT2D eigenvalue weighted by Gasteiger charge is -2.08. The first-order valence-electron chi connectivity index (χ1n) is 4.49. The summed E-state index contributed by atoms with van der Waals surface area (Å²) in [6, 6.07) is 10.1. The standard InChI is InChI=1S/C12H6Br2ClF/c13-10-5-4-7(16)6-9(10)8-2-1-3-11(15)12(8)14/h1-6H. The lowest BCUT2D eigenvalue weighted by molar-refractivity contribution is 0.628. The predicted molar refractivity (Wildman–Crippen MR) is 72.2 cm³/mol. The quantitative estimate of drug-likeness (QED) is 0.611. The minimum absolute atomic E-state index is 0.273. The summed E-state index contributed by atoms with van der Waals surface area (Å²) >= 11 is 12.8. The molecule has 0 nitrogen and oxygen atoms in total. The number of hydrogen-bond donors (Lipinski definition) is 0. The van der Waals surface area contributed by atoms with Crippen molar-refractivity contribution >= 4 is 43.5 Å². The first-order valence-corrected chi connectivity index (χ1v) is 6.45. The van der Waals surface area contributed by atoms with Gasteiger partial charge in [-0.05, 0) is 51.3 Å². The second kappa shape index (κ2) is 4.86. The summed E-state index contributed by atoms with van der Waals surface area (Å²) in [4.78, 5) is 0. The second-order valence-corrected chi connectivity index (χ2v) is 5.28. The largest absolute Gasteiger partial charge is 0.207 e. The van der Waals surface area contributed by atoms with Gasteiger partial charge in [-0.2, -0.15) is 0 Å². The van der Waals surface area contributed by atoms with E-state index in [9.17, 15) is 4.39 Å². The Kier molecular flexibility index (Phi) is 3.67. The molecule has 0 heterocycles. The topological polar surface area (TPSA) is 0 Å². The molecule has 2 aromatic rings. The van der Waals surface area contributed by atoms with Gasteiger partial charge < -0.3 is 0 Å². The van der Waals surface area contributed by atoms with Gasteiger partial charge in [-0.25, -0.2) is 4.39 Å². The van der Waals surface area contributed by atoms with Crippen molar-refractivity contribution in [2.24, 2.45) is 0 Å². The van der Waals surface area contributed by atoms with Gasteiger partial charge in [0.25, 0.3) is 0 Å². The van der Waals surface area contributed by atoms with E-state index in [1.807, 2.05) is 12.1 Å². The van der Waals surface area contributed by atoms with Crippen molar-refractivity contribution < 1.29 is 4.39 Å². The molecule has 0 N–H and O–H groups in total. The normalized spacial score (nSPS) is 10.5. The molecule has 2 rings (SSSR count). The molecule has 0 radical (unpaired) electrons. The van der Waals surface area contributed by atoms with Crippen LogP contribution in [0.25, 0.3) is 11.1 Å². The molecule has 82 valence electrons. The summed E-state index contributed by atoms with van der Waals surface area (Å²) < 4.78 is 14.8. The Hall–Kier alpha value is -0.380. The van der Waals surface area contributed by atoms with Gasteiger partial charge in [0.05, 0.1) is 5.02 Å². The van der Waals surface area contributed by atoms with Crippen molar-refractivity contribution in [1.29, 1.82) is 0 Å². The molecule has 0 aliphatic heterocycles. The van der Waals surface area contributed by atoms with Crippen molar-refractivity contribution in [2.75, 3.05) is 0 Å². The third-order valence-corrected chi connectivity index (χ3v) is 4.26. The van der Waals surface area contributed by atoms with Gasteiger partial charge in [0.2, 0.25) is 0 Å². The molecule has 0 spiro atoms. The summed E-state index contributed by atoms with van der Waals surface area (Å²) in [6.07, 6.45) is 0. The molecule has 16 heavy (non-hydrogen) atoms. The molecule has 0 fully saturated rings. The number of rotatable bonds is 1. The number of hydrogen-bond acceptors (Lipinski definition) is 0. The second-order valence-electron chi connectivity index (χ2n) is 3.23. The average molecular weight is 364 g/mol. The summed E-state index contributed by atoms with van der Waals surface area (Å²) in [5, 5.41) is 0.605. The molecule has 0 saturated heterocycles. The zero-order valence-electron chi connectivity index (χ0n) is 7.98. The molecular weight excluding hydrogens is 358 g/mol. The molecule has 0 aliphatic carbocycles. The fraction of sp³-hybridized carbons (Fsp3) is 0. The maximum absolute atomic E-state index is 13.2. The van der Waals surface area contributed by atoms with Crippen LogP contribution in [-0.4, -0.2) is 0 Å². The van der Waals surface area contributed by atoms with Crippen LogP contribution in [0.2, 0.25) is 5.02 Å². The SMILES string of the molecule is Fc1ccc(Br)c(-c2cccc(Cl)c2Br)c1. The maximum Gasteiger partial charge on any atom is 0.123 e. The molecule has 0 aromatic heterocycles. The van der Waals surface area contributed by atoms with E-state index in [-0.39, 0.29) is 5.82 Å². The first-order chi connectivity index (χ1) is 7.59. The van der Waals surface area contributed by atoms with Gasteiger partial charge in [-0.3, -0.25) is 0 Å². The highest BCUT2D eigenvalue weighted by Gasteiger charge is 2.10. The number of halogens is 4. The zero-order chi connectivity index (χ0) is 11.7. The molecule has 0 aliphatic rings. The average Bonchev–Trinajstić information content (AvgIpc) is 2.26. The predicted octanol–water partition coefficient (Wildman–Crippen LogP) is 5.67. The van der Waals surface area contributed by atoms with Gasteiger partial charge >= 0.3 is 0 Å². The third kappa shape index (κ3) is 2.31. The van der Waals surface area contributed by atoms with Crippen LogP contribution in [0, 0.1) is 5.82 Å². The van der Waals surface area contributed by atoms with Crippen LogP contribution in [0.5, 0.6) is 0 Å².